The van der Waals surface area contributed by atoms with Gasteiger partial charge in [0.1, 0.15) is 0 Å². The van der Waals surface area contributed by atoms with Crippen LogP contribution in [0.1, 0.15) is 25.5 Å². The number of hydrogen-bond donors (Lipinski definition) is 3. The van der Waals surface area contributed by atoms with Crippen LogP contribution in [-0.4, -0.2) is 38.8 Å². The standard InChI is InChI=1S/C12H18N2O5S/c1-7-6-20-12(19)14(7)5-3-4-9(16)13-10(8(2)15)11(17)18/h6,8,10,15H,3-5H2,1-2H3,(H,13,16)(H,17,18). The number of carbonyl (C=O) groups is 2. The normalized spacial score (nSPS) is 13.8. The van der Waals surface area contributed by atoms with Crippen LogP contribution in [0.5, 0.6) is 0 Å². The second-order valence-corrected chi connectivity index (χ2v) is 5.34. The molecule has 0 saturated heterocycles. The minimum absolute atomic E-state index is 0.0738. The van der Waals surface area contributed by atoms with Crippen LogP contribution in [-0.2, 0) is 16.1 Å². The Bertz CT molecular complexity index is 534. The SMILES string of the molecule is Cc1csc(=O)n1CCCC(=O)NC(C(=O)O)C(C)O. The van der Waals surface area contributed by atoms with E-state index in [1.54, 1.807) is 9.95 Å². The van der Waals surface area contributed by atoms with E-state index < -0.39 is 24.0 Å². The maximum Gasteiger partial charge on any atom is 0.328 e. The Morgan fingerprint density at radius 3 is 2.60 bits per heavy atom. The number of aryl methyl sites for hydroxylation is 1. The lowest BCUT2D eigenvalue weighted by Gasteiger charge is -2.16. The molecule has 7 nitrogen and oxygen atoms in total. The van der Waals surface area contributed by atoms with Crippen LogP contribution in [0.25, 0.3) is 0 Å². The zero-order valence-corrected chi connectivity index (χ0v) is 12.1. The average molecular weight is 302 g/mol. The van der Waals surface area contributed by atoms with E-state index in [2.05, 4.69) is 5.32 Å². The number of aromatic nitrogens is 1. The molecule has 0 saturated carbocycles. The number of aliphatic carboxylic acids is 1. The van der Waals surface area contributed by atoms with Crippen molar-refractivity contribution in [1.82, 2.24) is 9.88 Å². The quantitative estimate of drug-likeness (QED) is 0.654. The Morgan fingerprint density at radius 1 is 1.50 bits per heavy atom. The van der Waals surface area contributed by atoms with Gasteiger partial charge in [0.25, 0.3) is 0 Å². The van der Waals surface area contributed by atoms with Gasteiger partial charge in [-0.1, -0.05) is 11.3 Å². The van der Waals surface area contributed by atoms with Gasteiger partial charge in [0.2, 0.25) is 5.91 Å². The second kappa shape index (κ2) is 7.20. The zero-order valence-electron chi connectivity index (χ0n) is 11.3. The number of carboxylic acid groups (broad SMARTS) is 1. The van der Waals surface area contributed by atoms with E-state index >= 15 is 0 Å². The third-order valence-electron chi connectivity index (χ3n) is 2.83. The maximum absolute atomic E-state index is 11.6. The molecule has 0 aromatic carbocycles. The summed E-state index contributed by atoms with van der Waals surface area (Å²) in [4.78, 5) is 33.8. The number of amides is 1. The van der Waals surface area contributed by atoms with Crippen molar-refractivity contribution in [3.05, 3.63) is 20.7 Å². The van der Waals surface area contributed by atoms with Crippen molar-refractivity contribution < 1.29 is 19.8 Å². The fourth-order valence-corrected chi connectivity index (χ4v) is 2.47. The van der Waals surface area contributed by atoms with Gasteiger partial charge in [0, 0.05) is 24.0 Å². The Hall–Kier alpha value is -1.67. The highest BCUT2D eigenvalue weighted by atomic mass is 32.1. The van der Waals surface area contributed by atoms with Crippen molar-refractivity contribution in [3.63, 3.8) is 0 Å². The highest BCUT2D eigenvalue weighted by Crippen LogP contribution is 2.03. The third-order valence-corrected chi connectivity index (χ3v) is 3.71. The van der Waals surface area contributed by atoms with Crippen molar-refractivity contribution in [3.8, 4) is 0 Å². The number of carboxylic acids is 1. The van der Waals surface area contributed by atoms with Gasteiger partial charge in [-0.2, -0.15) is 0 Å². The Balaban J connectivity index is 2.44. The Morgan fingerprint density at radius 2 is 2.15 bits per heavy atom. The minimum atomic E-state index is -1.31. The monoisotopic (exact) mass is 302 g/mol. The Labute approximate surface area is 119 Å². The first-order chi connectivity index (χ1) is 9.32. The third kappa shape index (κ3) is 4.46. The molecular weight excluding hydrogens is 284 g/mol. The number of rotatable bonds is 7. The summed E-state index contributed by atoms with van der Waals surface area (Å²) in [5, 5.41) is 22.1. The van der Waals surface area contributed by atoms with Crippen molar-refractivity contribution in [1.29, 1.82) is 0 Å². The molecule has 3 N–H and O–H groups in total. The molecule has 1 amide bonds. The van der Waals surface area contributed by atoms with Crippen LogP contribution < -0.4 is 10.2 Å². The molecule has 0 aliphatic heterocycles. The minimum Gasteiger partial charge on any atom is -0.480 e. The van der Waals surface area contributed by atoms with E-state index in [4.69, 9.17) is 5.11 Å². The highest BCUT2D eigenvalue weighted by molar-refractivity contribution is 7.07. The van der Waals surface area contributed by atoms with Gasteiger partial charge in [-0.15, -0.1) is 0 Å². The molecule has 20 heavy (non-hydrogen) atoms. The second-order valence-electron chi connectivity index (χ2n) is 4.52. The van der Waals surface area contributed by atoms with E-state index in [0.29, 0.717) is 13.0 Å². The molecule has 0 bridgehead atoms. The van der Waals surface area contributed by atoms with Crippen LogP contribution >= 0.6 is 11.3 Å². The number of nitrogens with zero attached hydrogens (tertiary/aromatic N) is 1. The van der Waals surface area contributed by atoms with E-state index in [9.17, 15) is 19.5 Å². The molecule has 2 unspecified atom stereocenters. The van der Waals surface area contributed by atoms with Crippen molar-refractivity contribution in [2.45, 2.75) is 45.4 Å². The number of aliphatic hydroxyl groups is 1. The fourth-order valence-electron chi connectivity index (χ4n) is 1.71. The molecule has 1 aromatic rings. The first kappa shape index (κ1) is 16.4. The number of nitrogens with one attached hydrogen (secondary N) is 1. The highest BCUT2D eigenvalue weighted by Gasteiger charge is 2.24. The van der Waals surface area contributed by atoms with E-state index in [1.165, 1.54) is 6.92 Å². The van der Waals surface area contributed by atoms with Crippen LogP contribution in [0.3, 0.4) is 0 Å². The van der Waals surface area contributed by atoms with Gasteiger partial charge in [-0.3, -0.25) is 9.59 Å². The molecule has 0 aliphatic carbocycles. The summed E-state index contributed by atoms with van der Waals surface area (Å²) >= 11 is 1.10. The predicted octanol–water partition coefficient (Wildman–Crippen LogP) is -0.0514. The molecule has 0 spiro atoms. The molecule has 0 aliphatic rings. The summed E-state index contributed by atoms with van der Waals surface area (Å²) in [5.41, 5.74) is 0.841. The van der Waals surface area contributed by atoms with Crippen LogP contribution in [0.2, 0.25) is 0 Å². The fraction of sp³-hybridized carbons (Fsp3) is 0.583. The van der Waals surface area contributed by atoms with Gasteiger partial charge in [0.15, 0.2) is 6.04 Å². The Kier molecular flexibility index (Phi) is 5.90. The molecule has 2 atom stereocenters. The number of hydrogen-bond acceptors (Lipinski definition) is 5. The number of carbonyl (C=O) groups excluding carboxylic acids is 1. The van der Waals surface area contributed by atoms with Crippen LogP contribution in [0.15, 0.2) is 10.2 Å². The van der Waals surface area contributed by atoms with Gasteiger partial charge < -0.3 is 20.1 Å². The van der Waals surface area contributed by atoms with Gasteiger partial charge in [-0.25, -0.2) is 4.79 Å². The summed E-state index contributed by atoms with van der Waals surface area (Å²) in [5.74, 6) is -1.74. The van der Waals surface area contributed by atoms with Gasteiger partial charge in [0.05, 0.1) is 6.10 Å². The van der Waals surface area contributed by atoms with E-state index in [-0.39, 0.29) is 11.3 Å². The predicted molar refractivity (Wildman–Crippen MR) is 73.8 cm³/mol. The molecule has 1 heterocycles. The van der Waals surface area contributed by atoms with Crippen molar-refractivity contribution in [2.75, 3.05) is 0 Å². The van der Waals surface area contributed by atoms with Crippen molar-refractivity contribution >= 4 is 23.2 Å². The summed E-state index contributed by atoms with van der Waals surface area (Å²) in [6.45, 7) is 3.52. The molecule has 112 valence electrons. The average Bonchev–Trinajstić information content (AvgIpc) is 2.66. The smallest absolute Gasteiger partial charge is 0.328 e. The number of thiazole rings is 1. The molecule has 0 fully saturated rings. The summed E-state index contributed by atoms with van der Waals surface area (Å²) in [6.07, 6.45) is -0.647. The summed E-state index contributed by atoms with van der Waals surface area (Å²) < 4.78 is 1.57. The molecule has 0 radical (unpaired) electrons. The topological polar surface area (TPSA) is 109 Å². The van der Waals surface area contributed by atoms with Crippen molar-refractivity contribution in [2.24, 2.45) is 0 Å². The van der Waals surface area contributed by atoms with Gasteiger partial charge >= 0.3 is 10.8 Å². The summed E-state index contributed by atoms with van der Waals surface area (Å²) in [6, 6.07) is -1.31. The lowest BCUT2D eigenvalue weighted by Crippen LogP contribution is -2.47. The van der Waals surface area contributed by atoms with Crippen LogP contribution in [0, 0.1) is 6.92 Å². The zero-order chi connectivity index (χ0) is 15.3. The van der Waals surface area contributed by atoms with E-state index in [1.807, 2.05) is 6.92 Å². The first-order valence-corrected chi connectivity index (χ1v) is 7.06. The first-order valence-electron chi connectivity index (χ1n) is 6.18. The number of aliphatic hydroxyl groups excluding tert-OH is 1. The molecule has 1 aromatic heterocycles. The lowest BCUT2D eigenvalue weighted by molar-refractivity contribution is -0.144. The van der Waals surface area contributed by atoms with Crippen LogP contribution in [0.4, 0.5) is 0 Å². The largest absolute Gasteiger partial charge is 0.480 e. The lowest BCUT2D eigenvalue weighted by atomic mass is 10.1. The summed E-state index contributed by atoms with van der Waals surface area (Å²) in [7, 11) is 0. The van der Waals surface area contributed by atoms with E-state index in [0.717, 1.165) is 17.0 Å². The molecular formula is C12H18N2O5S. The molecule has 1 rings (SSSR count). The molecule has 8 heteroatoms. The van der Waals surface area contributed by atoms with Gasteiger partial charge in [-0.05, 0) is 20.3 Å². The maximum atomic E-state index is 11.6.